The summed E-state index contributed by atoms with van der Waals surface area (Å²) in [4.78, 5) is 8.25. The number of nitrogens with zero attached hydrogens (tertiary/aromatic N) is 2. The van der Waals surface area contributed by atoms with E-state index in [0.29, 0.717) is 0 Å². The van der Waals surface area contributed by atoms with Gasteiger partial charge in [0.25, 0.3) is 0 Å². The fourth-order valence-electron chi connectivity index (χ4n) is 1.93. The Morgan fingerprint density at radius 1 is 1.00 bits per heavy atom. The molecule has 2 rings (SSSR count). The van der Waals surface area contributed by atoms with Crippen molar-refractivity contribution in [2.24, 2.45) is 5.84 Å². The summed E-state index contributed by atoms with van der Waals surface area (Å²) in [7, 11) is 0. The van der Waals surface area contributed by atoms with E-state index in [0.717, 1.165) is 16.7 Å². The molecule has 1 atom stereocenters. The van der Waals surface area contributed by atoms with E-state index in [1.165, 1.54) is 5.56 Å². The van der Waals surface area contributed by atoms with Crippen molar-refractivity contribution in [2.75, 3.05) is 0 Å². The van der Waals surface area contributed by atoms with Gasteiger partial charge in [-0.25, -0.2) is 5.43 Å². The molecule has 1 unspecified atom stereocenters. The molecule has 2 aromatic rings. The van der Waals surface area contributed by atoms with Crippen molar-refractivity contribution < 1.29 is 0 Å². The van der Waals surface area contributed by atoms with Crippen LogP contribution in [0.2, 0.25) is 0 Å². The normalized spacial score (nSPS) is 12.4. The van der Waals surface area contributed by atoms with Gasteiger partial charge in [0.1, 0.15) is 0 Å². The molecule has 0 aliphatic heterocycles. The highest BCUT2D eigenvalue weighted by Gasteiger charge is 2.16. The summed E-state index contributed by atoms with van der Waals surface area (Å²) >= 11 is 0. The number of hydrogen-bond donors (Lipinski definition) is 2. The smallest absolute Gasteiger partial charge is 0.0731 e. The first-order valence-corrected chi connectivity index (χ1v) is 5.51. The first kappa shape index (κ1) is 11.7. The molecule has 2 aromatic heterocycles. The lowest BCUT2D eigenvalue weighted by molar-refractivity contribution is 0.627. The van der Waals surface area contributed by atoms with Gasteiger partial charge in [-0.2, -0.15) is 0 Å². The van der Waals surface area contributed by atoms with Gasteiger partial charge in [0, 0.05) is 24.8 Å². The summed E-state index contributed by atoms with van der Waals surface area (Å²) in [5, 5.41) is 0. The molecule has 0 radical (unpaired) electrons. The van der Waals surface area contributed by atoms with E-state index in [9.17, 15) is 0 Å². The molecule has 0 aliphatic carbocycles. The highest BCUT2D eigenvalue weighted by molar-refractivity contribution is 5.37. The standard InChI is InChI=1S/C13H16N4/c1-9-3-5-16-8-12(9)13(17-14)11-4-6-15-7-10(11)2/h3-8,13,17H,14H2,1-2H3. The predicted molar refractivity (Wildman–Crippen MR) is 67.1 cm³/mol. The average molecular weight is 228 g/mol. The lowest BCUT2D eigenvalue weighted by atomic mass is 9.95. The lowest BCUT2D eigenvalue weighted by Crippen LogP contribution is -2.30. The van der Waals surface area contributed by atoms with Crippen molar-refractivity contribution in [3.8, 4) is 0 Å². The Balaban J connectivity index is 2.48. The molecule has 3 N–H and O–H groups in total. The number of rotatable bonds is 3. The molecule has 0 amide bonds. The largest absolute Gasteiger partial charge is 0.271 e. The van der Waals surface area contributed by atoms with Crippen LogP contribution >= 0.6 is 0 Å². The molecule has 88 valence electrons. The average Bonchev–Trinajstić information content (AvgIpc) is 2.34. The van der Waals surface area contributed by atoms with Crippen LogP contribution in [0.5, 0.6) is 0 Å². The van der Waals surface area contributed by atoms with Crippen molar-refractivity contribution in [2.45, 2.75) is 19.9 Å². The molecule has 0 aliphatic rings. The van der Waals surface area contributed by atoms with E-state index in [2.05, 4.69) is 22.3 Å². The van der Waals surface area contributed by atoms with Crippen molar-refractivity contribution >= 4 is 0 Å². The van der Waals surface area contributed by atoms with E-state index in [4.69, 9.17) is 5.84 Å². The van der Waals surface area contributed by atoms with Gasteiger partial charge in [-0.05, 0) is 48.2 Å². The number of nitrogens with two attached hydrogens (primary N) is 1. The summed E-state index contributed by atoms with van der Waals surface area (Å²) in [6.07, 6.45) is 7.25. The third-order valence-corrected chi connectivity index (χ3v) is 2.93. The van der Waals surface area contributed by atoms with Gasteiger partial charge in [-0.3, -0.25) is 15.8 Å². The SMILES string of the molecule is Cc1cnccc1C(NN)c1cnccc1C. The van der Waals surface area contributed by atoms with E-state index >= 15 is 0 Å². The molecule has 0 saturated heterocycles. The molecule has 4 heteroatoms. The quantitative estimate of drug-likeness (QED) is 0.619. The lowest BCUT2D eigenvalue weighted by Gasteiger charge is -2.20. The zero-order valence-corrected chi connectivity index (χ0v) is 10.0. The Labute approximate surface area is 101 Å². The van der Waals surface area contributed by atoms with Gasteiger partial charge >= 0.3 is 0 Å². The minimum absolute atomic E-state index is 0.0494. The number of aromatic nitrogens is 2. The summed E-state index contributed by atoms with van der Waals surface area (Å²) in [5.74, 6) is 5.68. The van der Waals surface area contributed by atoms with E-state index in [1.807, 2.05) is 31.5 Å². The zero-order chi connectivity index (χ0) is 12.3. The Hall–Kier alpha value is -1.78. The van der Waals surface area contributed by atoms with Crippen LogP contribution in [0.25, 0.3) is 0 Å². The predicted octanol–water partition coefficient (Wildman–Crippen LogP) is 1.65. The Bertz CT molecular complexity index is 465. The third-order valence-electron chi connectivity index (χ3n) is 2.93. The van der Waals surface area contributed by atoms with Gasteiger partial charge in [-0.15, -0.1) is 0 Å². The first-order chi connectivity index (χ1) is 8.24. The Morgan fingerprint density at radius 3 is 2.35 bits per heavy atom. The minimum Gasteiger partial charge on any atom is -0.271 e. The fourth-order valence-corrected chi connectivity index (χ4v) is 1.93. The van der Waals surface area contributed by atoms with Crippen LogP contribution in [0, 0.1) is 13.8 Å². The molecule has 4 nitrogen and oxygen atoms in total. The van der Waals surface area contributed by atoms with Crippen LogP contribution in [0.4, 0.5) is 0 Å². The van der Waals surface area contributed by atoms with Crippen molar-refractivity contribution in [1.29, 1.82) is 0 Å². The Kier molecular flexibility index (Phi) is 3.46. The van der Waals surface area contributed by atoms with Gasteiger partial charge in [0.05, 0.1) is 6.04 Å². The molecule has 2 heterocycles. The molecule has 0 bridgehead atoms. The molecule has 17 heavy (non-hydrogen) atoms. The van der Waals surface area contributed by atoms with Crippen LogP contribution in [0.3, 0.4) is 0 Å². The maximum Gasteiger partial charge on any atom is 0.0731 e. The van der Waals surface area contributed by atoms with Gasteiger partial charge in [0.2, 0.25) is 0 Å². The zero-order valence-electron chi connectivity index (χ0n) is 10.0. The first-order valence-electron chi connectivity index (χ1n) is 5.51. The number of hydrazine groups is 1. The summed E-state index contributed by atoms with van der Waals surface area (Å²) in [6.45, 7) is 4.08. The second-order valence-corrected chi connectivity index (χ2v) is 4.06. The van der Waals surface area contributed by atoms with Crippen molar-refractivity contribution in [3.05, 3.63) is 59.2 Å². The molecule has 0 saturated carbocycles. The van der Waals surface area contributed by atoms with Crippen LogP contribution in [0.1, 0.15) is 28.3 Å². The van der Waals surface area contributed by atoms with Crippen LogP contribution in [-0.2, 0) is 0 Å². The van der Waals surface area contributed by atoms with Crippen molar-refractivity contribution in [1.82, 2.24) is 15.4 Å². The van der Waals surface area contributed by atoms with Crippen LogP contribution in [0.15, 0.2) is 36.9 Å². The molecular weight excluding hydrogens is 212 g/mol. The maximum absolute atomic E-state index is 5.68. The summed E-state index contributed by atoms with van der Waals surface area (Å²) in [5.41, 5.74) is 7.34. The second kappa shape index (κ2) is 5.03. The van der Waals surface area contributed by atoms with Gasteiger partial charge in [-0.1, -0.05) is 0 Å². The maximum atomic E-state index is 5.68. The highest BCUT2D eigenvalue weighted by Crippen LogP contribution is 2.25. The van der Waals surface area contributed by atoms with Crippen molar-refractivity contribution in [3.63, 3.8) is 0 Å². The van der Waals surface area contributed by atoms with E-state index in [-0.39, 0.29) is 6.04 Å². The molecule has 0 aromatic carbocycles. The van der Waals surface area contributed by atoms with Gasteiger partial charge in [0.15, 0.2) is 0 Å². The second-order valence-electron chi connectivity index (χ2n) is 4.06. The number of nitrogens with one attached hydrogen (secondary N) is 1. The minimum atomic E-state index is -0.0494. The summed E-state index contributed by atoms with van der Waals surface area (Å²) in [6, 6.07) is 3.91. The summed E-state index contributed by atoms with van der Waals surface area (Å²) < 4.78 is 0. The van der Waals surface area contributed by atoms with Crippen LogP contribution in [-0.4, -0.2) is 9.97 Å². The fraction of sp³-hybridized carbons (Fsp3) is 0.231. The topological polar surface area (TPSA) is 63.8 Å². The number of pyridine rings is 2. The molecular formula is C13H16N4. The third kappa shape index (κ3) is 2.33. The highest BCUT2D eigenvalue weighted by atomic mass is 15.2. The molecule has 0 fully saturated rings. The number of aryl methyl sites for hydroxylation is 2. The van der Waals surface area contributed by atoms with E-state index in [1.54, 1.807) is 12.4 Å². The monoisotopic (exact) mass is 228 g/mol. The van der Waals surface area contributed by atoms with E-state index < -0.39 is 0 Å². The molecule has 0 spiro atoms. The van der Waals surface area contributed by atoms with Crippen LogP contribution < -0.4 is 11.3 Å². The number of hydrogen-bond acceptors (Lipinski definition) is 4. The van der Waals surface area contributed by atoms with Gasteiger partial charge < -0.3 is 0 Å². The Morgan fingerprint density at radius 2 is 1.71 bits per heavy atom.